The van der Waals surface area contributed by atoms with Gasteiger partial charge in [-0.3, -0.25) is 4.79 Å². The minimum atomic E-state index is -0.335. The van der Waals surface area contributed by atoms with E-state index in [9.17, 15) is 9.90 Å². The van der Waals surface area contributed by atoms with E-state index in [0.717, 1.165) is 5.56 Å². The second kappa shape index (κ2) is 6.10. The predicted molar refractivity (Wildman–Crippen MR) is 88.4 cm³/mol. The fourth-order valence-corrected chi connectivity index (χ4v) is 2.08. The molecule has 3 aromatic rings. The first-order chi connectivity index (χ1) is 10.7. The number of benzene rings is 2. The molecule has 0 fully saturated rings. The summed E-state index contributed by atoms with van der Waals surface area (Å²) < 4.78 is 0. The third-order valence-corrected chi connectivity index (χ3v) is 3.16. The second-order valence-corrected chi connectivity index (χ2v) is 4.78. The molecule has 0 radical (unpaired) electrons. The highest BCUT2D eigenvalue weighted by molar-refractivity contribution is 5.75. The van der Waals surface area contributed by atoms with Gasteiger partial charge < -0.3 is 10.1 Å². The lowest BCUT2D eigenvalue weighted by Gasteiger charge is -1.99. The van der Waals surface area contributed by atoms with E-state index >= 15 is 0 Å². The molecule has 0 saturated carbocycles. The van der Waals surface area contributed by atoms with Gasteiger partial charge in [0.25, 0.3) is 5.56 Å². The molecule has 2 N–H and O–H groups in total. The quantitative estimate of drug-likeness (QED) is 0.573. The topological polar surface area (TPSA) is 66.0 Å². The number of nitrogens with zero attached hydrogens (tertiary/aromatic N) is 1. The Hall–Kier alpha value is -3.14. The summed E-state index contributed by atoms with van der Waals surface area (Å²) in [6, 6.07) is 16.9. The molecule has 0 saturated heterocycles. The molecule has 0 aliphatic rings. The van der Waals surface area contributed by atoms with Crippen LogP contribution in [0.4, 0.5) is 0 Å². The Morgan fingerprint density at radius 1 is 1.05 bits per heavy atom. The van der Waals surface area contributed by atoms with Crippen molar-refractivity contribution in [3.8, 4) is 0 Å². The number of hydrogen-bond donors (Lipinski definition) is 2. The summed E-state index contributed by atoms with van der Waals surface area (Å²) >= 11 is 0. The number of para-hydroxylation sites is 2. The third-order valence-electron chi connectivity index (χ3n) is 3.16. The SMILES string of the molecule is O=c1[nH]c2ccccc2nc1C=C(O)C=Cc1ccccc1. The van der Waals surface area contributed by atoms with Crippen LogP contribution in [0.5, 0.6) is 0 Å². The van der Waals surface area contributed by atoms with E-state index < -0.39 is 0 Å². The minimum absolute atomic E-state index is 0.0304. The number of aliphatic hydroxyl groups excluding tert-OH is 1. The maximum atomic E-state index is 11.9. The Morgan fingerprint density at radius 3 is 2.59 bits per heavy atom. The van der Waals surface area contributed by atoms with Crippen LogP contribution in [0.15, 0.2) is 71.2 Å². The Bertz CT molecular complexity index is 909. The molecule has 0 aliphatic carbocycles. The number of H-pyrrole nitrogens is 1. The number of aromatic nitrogens is 2. The summed E-state index contributed by atoms with van der Waals surface area (Å²) in [4.78, 5) is 18.9. The lowest BCUT2D eigenvalue weighted by Crippen LogP contribution is -2.11. The van der Waals surface area contributed by atoms with E-state index in [2.05, 4.69) is 9.97 Å². The maximum Gasteiger partial charge on any atom is 0.274 e. The van der Waals surface area contributed by atoms with Crippen molar-refractivity contribution in [1.29, 1.82) is 0 Å². The van der Waals surface area contributed by atoms with Crippen LogP contribution in [-0.4, -0.2) is 15.1 Å². The number of aromatic amines is 1. The lowest BCUT2D eigenvalue weighted by molar-refractivity contribution is 0.438. The summed E-state index contributed by atoms with van der Waals surface area (Å²) in [5.41, 5.74) is 2.15. The first-order valence-corrected chi connectivity index (χ1v) is 6.85. The molecule has 1 heterocycles. The van der Waals surface area contributed by atoms with Gasteiger partial charge in [0.2, 0.25) is 0 Å². The van der Waals surface area contributed by atoms with Crippen molar-refractivity contribution in [2.45, 2.75) is 0 Å². The number of nitrogens with one attached hydrogen (secondary N) is 1. The average Bonchev–Trinajstić information content (AvgIpc) is 2.55. The number of allylic oxidation sites excluding steroid dienone is 1. The van der Waals surface area contributed by atoms with Crippen LogP contribution in [0.2, 0.25) is 0 Å². The Balaban J connectivity index is 1.92. The van der Waals surface area contributed by atoms with Gasteiger partial charge >= 0.3 is 0 Å². The molecule has 4 heteroatoms. The standard InChI is InChI=1S/C18H14N2O2/c21-14(11-10-13-6-2-1-3-7-13)12-17-18(22)20-16-9-5-4-8-15(16)19-17/h1-12,21H,(H,20,22). The van der Waals surface area contributed by atoms with Gasteiger partial charge in [0, 0.05) is 6.08 Å². The van der Waals surface area contributed by atoms with E-state index in [1.807, 2.05) is 42.5 Å². The molecule has 4 nitrogen and oxygen atoms in total. The van der Waals surface area contributed by atoms with E-state index in [1.165, 1.54) is 12.2 Å². The molecule has 0 bridgehead atoms. The second-order valence-electron chi connectivity index (χ2n) is 4.78. The zero-order valence-corrected chi connectivity index (χ0v) is 11.7. The zero-order chi connectivity index (χ0) is 15.4. The lowest BCUT2D eigenvalue weighted by atomic mass is 10.2. The monoisotopic (exact) mass is 290 g/mol. The van der Waals surface area contributed by atoms with Gasteiger partial charge in [0.1, 0.15) is 11.5 Å². The highest BCUT2D eigenvalue weighted by Crippen LogP contribution is 2.09. The van der Waals surface area contributed by atoms with Crippen molar-refractivity contribution in [1.82, 2.24) is 9.97 Å². The largest absolute Gasteiger partial charge is 0.508 e. The molecule has 1 aromatic heterocycles. The summed E-state index contributed by atoms with van der Waals surface area (Å²) in [5, 5.41) is 9.94. The number of fused-ring (bicyclic) bond motifs is 1. The van der Waals surface area contributed by atoms with Gasteiger partial charge in [-0.05, 0) is 23.8 Å². The molecule has 0 spiro atoms. The van der Waals surface area contributed by atoms with Crippen molar-refractivity contribution in [2.75, 3.05) is 0 Å². The van der Waals surface area contributed by atoms with Gasteiger partial charge in [0.05, 0.1) is 11.0 Å². The Kier molecular flexibility index (Phi) is 3.83. The normalized spacial score (nSPS) is 12.1. The van der Waals surface area contributed by atoms with Crippen LogP contribution in [0.3, 0.4) is 0 Å². The zero-order valence-electron chi connectivity index (χ0n) is 11.7. The molecular weight excluding hydrogens is 276 g/mol. The molecule has 108 valence electrons. The average molecular weight is 290 g/mol. The summed E-state index contributed by atoms with van der Waals surface area (Å²) in [6.45, 7) is 0. The smallest absolute Gasteiger partial charge is 0.274 e. The molecule has 0 atom stereocenters. The molecule has 22 heavy (non-hydrogen) atoms. The van der Waals surface area contributed by atoms with E-state index in [1.54, 1.807) is 18.2 Å². The predicted octanol–water partition coefficient (Wildman–Crippen LogP) is 3.54. The summed E-state index contributed by atoms with van der Waals surface area (Å²) in [7, 11) is 0. The number of hydrogen-bond acceptors (Lipinski definition) is 3. The highest BCUT2D eigenvalue weighted by Gasteiger charge is 2.02. The van der Waals surface area contributed by atoms with Gasteiger partial charge in [-0.15, -0.1) is 0 Å². The van der Waals surface area contributed by atoms with Crippen molar-refractivity contribution in [3.05, 3.63) is 88.0 Å². The Morgan fingerprint density at radius 2 is 1.77 bits per heavy atom. The van der Waals surface area contributed by atoms with Crippen LogP contribution in [0.25, 0.3) is 23.2 Å². The molecular formula is C18H14N2O2. The van der Waals surface area contributed by atoms with Crippen LogP contribution in [0.1, 0.15) is 11.3 Å². The summed E-state index contributed by atoms with van der Waals surface area (Å²) in [5.74, 6) is -0.0304. The number of rotatable bonds is 3. The number of aliphatic hydroxyl groups is 1. The fourth-order valence-electron chi connectivity index (χ4n) is 2.08. The molecule has 0 unspecified atom stereocenters. The summed E-state index contributed by atoms with van der Waals surface area (Å²) in [6.07, 6.45) is 4.65. The van der Waals surface area contributed by atoms with Crippen molar-refractivity contribution >= 4 is 23.2 Å². The fraction of sp³-hybridized carbons (Fsp3) is 0. The molecule has 0 aliphatic heterocycles. The van der Waals surface area contributed by atoms with Crippen molar-refractivity contribution in [3.63, 3.8) is 0 Å². The van der Waals surface area contributed by atoms with Gasteiger partial charge in [0.15, 0.2) is 0 Å². The van der Waals surface area contributed by atoms with Crippen LogP contribution in [-0.2, 0) is 0 Å². The third kappa shape index (κ3) is 3.12. The molecule has 2 aromatic carbocycles. The van der Waals surface area contributed by atoms with Crippen molar-refractivity contribution in [2.24, 2.45) is 0 Å². The van der Waals surface area contributed by atoms with Gasteiger partial charge in [-0.1, -0.05) is 48.5 Å². The van der Waals surface area contributed by atoms with E-state index in [4.69, 9.17) is 0 Å². The first kappa shape index (κ1) is 13.8. The minimum Gasteiger partial charge on any atom is -0.508 e. The van der Waals surface area contributed by atoms with Crippen LogP contribution < -0.4 is 5.56 Å². The van der Waals surface area contributed by atoms with E-state index in [-0.39, 0.29) is 17.0 Å². The van der Waals surface area contributed by atoms with Crippen molar-refractivity contribution < 1.29 is 5.11 Å². The first-order valence-electron chi connectivity index (χ1n) is 6.85. The molecule has 0 amide bonds. The highest BCUT2D eigenvalue weighted by atomic mass is 16.3. The molecule has 3 rings (SSSR count). The van der Waals surface area contributed by atoms with Crippen LogP contribution >= 0.6 is 0 Å². The van der Waals surface area contributed by atoms with Gasteiger partial charge in [-0.2, -0.15) is 0 Å². The maximum absolute atomic E-state index is 11.9. The van der Waals surface area contributed by atoms with Gasteiger partial charge in [-0.25, -0.2) is 4.98 Å². The van der Waals surface area contributed by atoms with Crippen LogP contribution in [0, 0.1) is 0 Å². The Labute approximate surface area is 127 Å². The van der Waals surface area contributed by atoms with E-state index in [0.29, 0.717) is 11.0 Å².